The fraction of sp³-hybridized carbons (Fsp3) is 0.333. The molecule has 0 unspecified atom stereocenters. The van der Waals surface area contributed by atoms with Gasteiger partial charge in [-0.3, -0.25) is 13.9 Å². The molecule has 3 aromatic rings. The van der Waals surface area contributed by atoms with Crippen LogP contribution in [-0.4, -0.2) is 43.8 Å². The minimum atomic E-state index is -4.11. The molecular weight excluding hydrogens is 569 g/mol. The van der Waals surface area contributed by atoms with Crippen LogP contribution in [0.5, 0.6) is 0 Å². The van der Waals surface area contributed by atoms with Gasteiger partial charge in [0.2, 0.25) is 11.8 Å². The summed E-state index contributed by atoms with van der Waals surface area (Å²) in [5, 5.41) is 3.56. The van der Waals surface area contributed by atoms with Gasteiger partial charge in [-0.15, -0.1) is 0 Å². The fourth-order valence-electron chi connectivity index (χ4n) is 4.28. The molecule has 0 aliphatic carbocycles. The Morgan fingerprint density at radius 1 is 0.875 bits per heavy atom. The number of hydrogen-bond acceptors (Lipinski definition) is 4. The van der Waals surface area contributed by atoms with Crippen LogP contribution in [0.4, 0.5) is 5.69 Å². The topological polar surface area (TPSA) is 86.8 Å². The first kappa shape index (κ1) is 31.5. The molecular formula is C30H35Cl2N3O4S. The Hall–Kier alpha value is -3.07. The van der Waals surface area contributed by atoms with Gasteiger partial charge in [-0.1, -0.05) is 73.4 Å². The first-order valence-corrected chi connectivity index (χ1v) is 15.4. The van der Waals surface area contributed by atoms with Crippen molar-refractivity contribution in [3.8, 4) is 0 Å². The molecule has 0 saturated carbocycles. The normalized spacial score (nSPS) is 12.2. The summed E-state index contributed by atoms with van der Waals surface area (Å²) in [6.07, 6.45) is 1.10. The first-order valence-electron chi connectivity index (χ1n) is 13.2. The zero-order valence-corrected chi connectivity index (χ0v) is 25.4. The Labute approximate surface area is 247 Å². The first-order chi connectivity index (χ1) is 19.0. The largest absolute Gasteiger partial charge is 0.352 e. The highest BCUT2D eigenvalue weighted by atomic mass is 35.5. The van der Waals surface area contributed by atoms with Gasteiger partial charge in [0.05, 0.1) is 20.6 Å². The van der Waals surface area contributed by atoms with E-state index >= 15 is 0 Å². The van der Waals surface area contributed by atoms with Crippen molar-refractivity contribution in [1.29, 1.82) is 0 Å². The van der Waals surface area contributed by atoms with Crippen molar-refractivity contribution in [2.45, 2.75) is 64.1 Å². The summed E-state index contributed by atoms with van der Waals surface area (Å²) in [5.41, 5.74) is 2.04. The molecule has 0 radical (unpaired) electrons. The Kier molecular flexibility index (Phi) is 11.0. The summed E-state index contributed by atoms with van der Waals surface area (Å²) < 4.78 is 28.8. The number of nitrogens with zero attached hydrogens (tertiary/aromatic N) is 2. The Bertz CT molecular complexity index is 1410. The molecule has 3 rings (SSSR count). The van der Waals surface area contributed by atoms with Crippen molar-refractivity contribution in [1.82, 2.24) is 10.2 Å². The number of hydrogen-bond donors (Lipinski definition) is 1. The Morgan fingerprint density at radius 2 is 1.50 bits per heavy atom. The maximum atomic E-state index is 14.1. The predicted molar refractivity (Wildman–Crippen MR) is 161 cm³/mol. The second-order valence-corrected chi connectivity index (χ2v) is 12.4. The van der Waals surface area contributed by atoms with Gasteiger partial charge >= 0.3 is 0 Å². The van der Waals surface area contributed by atoms with Crippen LogP contribution in [0.15, 0.2) is 77.7 Å². The van der Waals surface area contributed by atoms with Crippen LogP contribution in [0.3, 0.4) is 0 Å². The summed E-state index contributed by atoms with van der Waals surface area (Å²) in [6, 6.07) is 19.0. The Morgan fingerprint density at radius 3 is 2.05 bits per heavy atom. The molecule has 0 fully saturated rings. The van der Waals surface area contributed by atoms with Gasteiger partial charge in [-0.25, -0.2) is 8.42 Å². The molecule has 7 nitrogen and oxygen atoms in total. The van der Waals surface area contributed by atoms with E-state index in [4.69, 9.17) is 23.2 Å². The molecule has 0 heterocycles. The van der Waals surface area contributed by atoms with Crippen LogP contribution in [0.2, 0.25) is 10.0 Å². The Balaban J connectivity index is 2.07. The molecule has 2 amide bonds. The average molecular weight is 605 g/mol. The van der Waals surface area contributed by atoms with Crippen molar-refractivity contribution < 1.29 is 18.0 Å². The third-order valence-corrected chi connectivity index (χ3v) is 8.92. The third-order valence-electron chi connectivity index (χ3n) is 6.40. The lowest BCUT2D eigenvalue weighted by molar-refractivity contribution is -0.140. The minimum absolute atomic E-state index is 0.0355. The molecule has 0 spiro atoms. The van der Waals surface area contributed by atoms with Crippen molar-refractivity contribution >= 4 is 50.7 Å². The summed E-state index contributed by atoms with van der Waals surface area (Å²) in [7, 11) is -4.11. The van der Waals surface area contributed by atoms with E-state index in [2.05, 4.69) is 5.32 Å². The quantitative estimate of drug-likeness (QED) is 0.272. The van der Waals surface area contributed by atoms with Crippen molar-refractivity contribution in [3.63, 3.8) is 0 Å². The van der Waals surface area contributed by atoms with Crippen LogP contribution >= 0.6 is 23.2 Å². The summed E-state index contributed by atoms with van der Waals surface area (Å²) in [6.45, 7) is 7.02. The van der Waals surface area contributed by atoms with Crippen LogP contribution < -0.4 is 9.62 Å². The maximum Gasteiger partial charge on any atom is 0.264 e. The monoisotopic (exact) mass is 603 g/mol. The molecule has 40 heavy (non-hydrogen) atoms. The smallest absolute Gasteiger partial charge is 0.264 e. The van der Waals surface area contributed by atoms with E-state index in [0.29, 0.717) is 27.7 Å². The molecule has 1 atom stereocenters. The van der Waals surface area contributed by atoms with E-state index in [1.807, 2.05) is 39.8 Å². The predicted octanol–water partition coefficient (Wildman–Crippen LogP) is 6.08. The molecule has 0 aromatic heterocycles. The lowest BCUT2D eigenvalue weighted by atomic mass is 10.1. The van der Waals surface area contributed by atoms with Crippen LogP contribution in [-0.2, 0) is 32.6 Å². The molecule has 0 aliphatic heterocycles. The number of benzene rings is 3. The SMILES string of the molecule is CCc1ccc(N(CC(=O)N(Cc2ccc(Cl)c(Cl)c2)[C@@H](CC)C(=O)NC(C)C)S(=O)(=O)c2ccccc2)cc1. The molecule has 0 aliphatic rings. The van der Waals surface area contributed by atoms with E-state index in [0.717, 1.165) is 16.3 Å². The number of anilines is 1. The van der Waals surface area contributed by atoms with Gasteiger partial charge in [0.15, 0.2) is 0 Å². The van der Waals surface area contributed by atoms with Gasteiger partial charge in [0.1, 0.15) is 12.6 Å². The molecule has 214 valence electrons. The number of halogens is 2. The number of rotatable bonds is 12. The zero-order valence-electron chi connectivity index (χ0n) is 23.1. The minimum Gasteiger partial charge on any atom is -0.352 e. The molecule has 1 N–H and O–H groups in total. The summed E-state index contributed by atoms with van der Waals surface area (Å²) >= 11 is 12.3. The highest BCUT2D eigenvalue weighted by molar-refractivity contribution is 7.92. The number of nitrogens with one attached hydrogen (secondary N) is 1. The number of carbonyl (C=O) groups is 2. The van der Waals surface area contributed by atoms with E-state index in [-0.39, 0.29) is 23.4 Å². The summed E-state index contributed by atoms with van der Waals surface area (Å²) in [5.74, 6) is -0.855. The number of aryl methyl sites for hydroxylation is 1. The lowest BCUT2D eigenvalue weighted by Crippen LogP contribution is -2.53. The van der Waals surface area contributed by atoms with Crippen LogP contribution in [0.25, 0.3) is 0 Å². The lowest BCUT2D eigenvalue weighted by Gasteiger charge is -2.33. The molecule has 10 heteroatoms. The fourth-order valence-corrected chi connectivity index (χ4v) is 6.04. The molecule has 3 aromatic carbocycles. The van der Waals surface area contributed by atoms with Crippen LogP contribution in [0, 0.1) is 0 Å². The van der Waals surface area contributed by atoms with Crippen molar-refractivity contribution in [3.05, 3.63) is 94.0 Å². The second-order valence-electron chi connectivity index (χ2n) is 9.70. The maximum absolute atomic E-state index is 14.1. The van der Waals surface area contributed by atoms with Crippen LogP contribution in [0.1, 0.15) is 45.2 Å². The van der Waals surface area contributed by atoms with Gasteiger partial charge < -0.3 is 10.2 Å². The molecule has 0 bridgehead atoms. The van der Waals surface area contributed by atoms with E-state index in [1.165, 1.54) is 17.0 Å². The van der Waals surface area contributed by atoms with Gasteiger partial charge in [0.25, 0.3) is 10.0 Å². The zero-order chi connectivity index (χ0) is 29.4. The highest BCUT2D eigenvalue weighted by Gasteiger charge is 2.33. The average Bonchev–Trinajstić information content (AvgIpc) is 2.93. The van der Waals surface area contributed by atoms with Crippen molar-refractivity contribution in [2.24, 2.45) is 0 Å². The van der Waals surface area contributed by atoms with E-state index in [9.17, 15) is 18.0 Å². The van der Waals surface area contributed by atoms with Gasteiger partial charge in [0, 0.05) is 12.6 Å². The second kappa shape index (κ2) is 14.0. The highest BCUT2D eigenvalue weighted by Crippen LogP contribution is 2.27. The van der Waals surface area contributed by atoms with E-state index < -0.39 is 28.5 Å². The number of amides is 2. The van der Waals surface area contributed by atoms with Crippen molar-refractivity contribution in [2.75, 3.05) is 10.8 Å². The third kappa shape index (κ3) is 7.77. The standard InChI is InChI=1S/C30H35Cl2N3O4S/c1-5-22-12-15-24(16-13-22)35(40(38,39)25-10-8-7-9-11-25)20-29(36)34(28(6-2)30(37)33-21(3)4)19-23-14-17-26(31)27(32)18-23/h7-18,21,28H,5-6,19-20H2,1-4H3,(H,33,37)/t28-/m0/s1. The van der Waals surface area contributed by atoms with E-state index in [1.54, 1.807) is 48.5 Å². The van der Waals surface area contributed by atoms with Gasteiger partial charge in [-0.05, 0) is 74.2 Å². The number of sulfonamides is 1. The molecule has 0 saturated heterocycles. The summed E-state index contributed by atoms with van der Waals surface area (Å²) in [4.78, 5) is 28.7. The number of carbonyl (C=O) groups excluding carboxylic acids is 2. The van der Waals surface area contributed by atoms with Gasteiger partial charge in [-0.2, -0.15) is 0 Å².